The Labute approximate surface area is 175 Å². The van der Waals surface area contributed by atoms with E-state index >= 15 is 0 Å². The molecule has 6 nitrogen and oxygen atoms in total. The van der Waals surface area contributed by atoms with Gasteiger partial charge in [0.15, 0.2) is 0 Å². The van der Waals surface area contributed by atoms with Crippen LogP contribution in [0.25, 0.3) is 5.57 Å². The fourth-order valence-corrected chi connectivity index (χ4v) is 4.05. The second-order valence-corrected chi connectivity index (χ2v) is 7.24. The molecule has 2 heterocycles. The van der Waals surface area contributed by atoms with Crippen molar-refractivity contribution in [2.24, 2.45) is 0 Å². The molecule has 4 rings (SSSR count). The summed E-state index contributed by atoms with van der Waals surface area (Å²) >= 11 is 0. The fourth-order valence-electron chi connectivity index (χ4n) is 4.05. The number of nitrogens with zero attached hydrogens (tertiary/aromatic N) is 3. The van der Waals surface area contributed by atoms with Crippen molar-refractivity contribution in [1.29, 1.82) is 0 Å². The van der Waals surface area contributed by atoms with Gasteiger partial charge in [-0.15, -0.1) is 0 Å². The van der Waals surface area contributed by atoms with E-state index in [9.17, 15) is 14.0 Å². The number of likely N-dealkylation sites (N-methyl/N-ethyl adjacent to an activating group) is 1. The number of methoxy groups -OCH3 is 1. The largest absolute Gasteiger partial charge is 0.496 e. The van der Waals surface area contributed by atoms with E-state index in [0.29, 0.717) is 30.1 Å². The molecule has 1 saturated heterocycles. The number of anilines is 1. The summed E-state index contributed by atoms with van der Waals surface area (Å²) in [6.07, 6.45) is 0. The van der Waals surface area contributed by atoms with Gasteiger partial charge < -0.3 is 14.5 Å². The highest BCUT2D eigenvalue weighted by molar-refractivity contribution is 6.45. The third kappa shape index (κ3) is 3.35. The fraction of sp³-hybridized carbons (Fsp3) is 0.304. The summed E-state index contributed by atoms with van der Waals surface area (Å²) in [6.45, 7) is 5.85. The van der Waals surface area contributed by atoms with Gasteiger partial charge in [-0.3, -0.25) is 9.59 Å². The second-order valence-electron chi connectivity index (χ2n) is 7.24. The maximum Gasteiger partial charge on any atom is 0.282 e. The lowest BCUT2D eigenvalue weighted by Gasteiger charge is -2.36. The highest BCUT2D eigenvalue weighted by Crippen LogP contribution is 2.39. The number of hydrogen-bond donors (Lipinski definition) is 0. The number of para-hydroxylation sites is 2. The van der Waals surface area contributed by atoms with Gasteiger partial charge in [-0.25, -0.2) is 9.29 Å². The number of carbonyl (C=O) groups is 2. The van der Waals surface area contributed by atoms with Crippen molar-refractivity contribution in [3.8, 4) is 5.75 Å². The smallest absolute Gasteiger partial charge is 0.282 e. The average Bonchev–Trinajstić information content (AvgIpc) is 3.04. The van der Waals surface area contributed by atoms with Crippen LogP contribution in [0.1, 0.15) is 12.5 Å². The molecule has 2 amide bonds. The number of carbonyl (C=O) groups excluding carboxylic acids is 2. The number of halogens is 1. The Balaban J connectivity index is 1.84. The SMILES string of the molecule is CCN1CCN(C2=C(c3ccccc3OC)C(=O)N(c3ccccc3F)C2=O)CC1. The Hall–Kier alpha value is -3.19. The summed E-state index contributed by atoms with van der Waals surface area (Å²) in [5.41, 5.74) is 1.06. The Bertz CT molecular complexity index is 1010. The molecule has 0 unspecified atom stereocenters. The zero-order valence-corrected chi connectivity index (χ0v) is 17.1. The van der Waals surface area contributed by atoms with Crippen LogP contribution >= 0.6 is 0 Å². The zero-order chi connectivity index (χ0) is 21.3. The first-order valence-electron chi connectivity index (χ1n) is 10.0. The summed E-state index contributed by atoms with van der Waals surface area (Å²) in [5.74, 6) is -1.16. The van der Waals surface area contributed by atoms with E-state index in [1.807, 2.05) is 4.90 Å². The Morgan fingerprint density at radius 1 is 0.933 bits per heavy atom. The van der Waals surface area contributed by atoms with E-state index in [-0.39, 0.29) is 11.3 Å². The van der Waals surface area contributed by atoms with E-state index < -0.39 is 17.6 Å². The number of imide groups is 1. The van der Waals surface area contributed by atoms with Crippen molar-refractivity contribution in [1.82, 2.24) is 9.80 Å². The molecular weight excluding hydrogens is 385 g/mol. The lowest BCUT2D eigenvalue weighted by molar-refractivity contribution is -0.120. The van der Waals surface area contributed by atoms with Crippen LogP contribution in [-0.4, -0.2) is 61.4 Å². The standard InChI is InChI=1S/C23H24FN3O3/c1-3-25-12-14-26(15-13-25)21-20(16-8-4-7-11-19(16)30-2)22(28)27(23(21)29)18-10-6-5-9-17(18)24/h4-11H,3,12-15H2,1-2H3. The van der Waals surface area contributed by atoms with Crippen molar-refractivity contribution in [2.75, 3.05) is 44.7 Å². The molecule has 0 saturated carbocycles. The zero-order valence-electron chi connectivity index (χ0n) is 17.1. The lowest BCUT2D eigenvalue weighted by Crippen LogP contribution is -2.47. The number of rotatable bonds is 5. The molecule has 2 aliphatic heterocycles. The van der Waals surface area contributed by atoms with Gasteiger partial charge in [0.2, 0.25) is 0 Å². The van der Waals surface area contributed by atoms with Crippen molar-refractivity contribution in [3.05, 3.63) is 65.6 Å². The molecule has 0 bridgehead atoms. The predicted molar refractivity (Wildman–Crippen MR) is 112 cm³/mol. The first kappa shape index (κ1) is 20.1. The van der Waals surface area contributed by atoms with Crippen LogP contribution in [0.15, 0.2) is 54.2 Å². The summed E-state index contributed by atoms with van der Waals surface area (Å²) in [5, 5.41) is 0. The van der Waals surface area contributed by atoms with Crippen molar-refractivity contribution < 1.29 is 18.7 Å². The van der Waals surface area contributed by atoms with E-state index in [1.54, 1.807) is 30.3 Å². The van der Waals surface area contributed by atoms with Crippen molar-refractivity contribution in [3.63, 3.8) is 0 Å². The molecule has 2 aromatic carbocycles. The lowest BCUT2D eigenvalue weighted by atomic mass is 10.0. The minimum absolute atomic E-state index is 0.0397. The maximum atomic E-state index is 14.5. The Morgan fingerprint density at radius 2 is 1.60 bits per heavy atom. The van der Waals surface area contributed by atoms with Crippen LogP contribution in [0.5, 0.6) is 5.75 Å². The Kier molecular flexibility index (Phi) is 5.55. The van der Waals surface area contributed by atoms with E-state index in [0.717, 1.165) is 24.5 Å². The topological polar surface area (TPSA) is 53.1 Å². The molecule has 1 fully saturated rings. The van der Waals surface area contributed by atoms with Gasteiger partial charge in [-0.05, 0) is 24.7 Å². The van der Waals surface area contributed by atoms with Gasteiger partial charge in [0.1, 0.15) is 17.3 Å². The molecular formula is C23H24FN3O3. The normalized spacial score (nSPS) is 17.8. The Morgan fingerprint density at radius 3 is 2.27 bits per heavy atom. The van der Waals surface area contributed by atoms with E-state index in [4.69, 9.17) is 4.74 Å². The minimum Gasteiger partial charge on any atom is -0.496 e. The van der Waals surface area contributed by atoms with E-state index in [1.165, 1.54) is 25.3 Å². The highest BCUT2D eigenvalue weighted by Gasteiger charge is 2.44. The average molecular weight is 409 g/mol. The molecule has 0 spiro atoms. The van der Waals surface area contributed by atoms with Crippen molar-refractivity contribution >= 4 is 23.1 Å². The molecule has 0 aromatic heterocycles. The molecule has 2 aliphatic rings. The molecule has 30 heavy (non-hydrogen) atoms. The number of ether oxygens (including phenoxy) is 1. The molecule has 0 N–H and O–H groups in total. The first-order chi connectivity index (χ1) is 14.6. The monoisotopic (exact) mass is 409 g/mol. The summed E-state index contributed by atoms with van der Waals surface area (Å²) in [7, 11) is 1.52. The van der Waals surface area contributed by atoms with E-state index in [2.05, 4.69) is 11.8 Å². The molecule has 0 atom stereocenters. The summed E-state index contributed by atoms with van der Waals surface area (Å²) in [6, 6.07) is 12.9. The highest BCUT2D eigenvalue weighted by atomic mass is 19.1. The maximum absolute atomic E-state index is 14.5. The molecule has 156 valence electrons. The summed E-state index contributed by atoms with van der Waals surface area (Å²) in [4.78, 5) is 32.2. The van der Waals surface area contributed by atoms with Gasteiger partial charge in [0, 0.05) is 31.7 Å². The van der Waals surface area contributed by atoms with Crippen LogP contribution in [0.2, 0.25) is 0 Å². The van der Waals surface area contributed by atoms with Crippen LogP contribution < -0.4 is 9.64 Å². The van der Waals surface area contributed by atoms with Gasteiger partial charge in [0.25, 0.3) is 11.8 Å². The van der Waals surface area contributed by atoms with Gasteiger partial charge in [-0.1, -0.05) is 37.3 Å². The quantitative estimate of drug-likeness (QED) is 0.711. The predicted octanol–water partition coefficient (Wildman–Crippen LogP) is 2.76. The number of benzene rings is 2. The van der Waals surface area contributed by atoms with Crippen molar-refractivity contribution in [2.45, 2.75) is 6.92 Å². The van der Waals surface area contributed by atoms with Crippen LogP contribution in [0.3, 0.4) is 0 Å². The molecule has 0 radical (unpaired) electrons. The van der Waals surface area contributed by atoms with Crippen LogP contribution in [-0.2, 0) is 9.59 Å². The second kappa shape index (κ2) is 8.28. The minimum atomic E-state index is -0.615. The molecule has 2 aromatic rings. The van der Waals surface area contributed by atoms with Gasteiger partial charge >= 0.3 is 0 Å². The number of amides is 2. The molecule has 0 aliphatic carbocycles. The van der Waals surface area contributed by atoms with Crippen LogP contribution in [0.4, 0.5) is 10.1 Å². The third-order valence-electron chi connectivity index (χ3n) is 5.66. The van der Waals surface area contributed by atoms with Gasteiger partial charge in [0.05, 0.1) is 18.4 Å². The third-order valence-corrected chi connectivity index (χ3v) is 5.66. The van der Waals surface area contributed by atoms with Crippen LogP contribution in [0, 0.1) is 5.82 Å². The number of piperazine rings is 1. The first-order valence-corrected chi connectivity index (χ1v) is 10.0. The number of hydrogen-bond acceptors (Lipinski definition) is 5. The van der Waals surface area contributed by atoms with Gasteiger partial charge in [-0.2, -0.15) is 0 Å². The molecule has 7 heteroatoms. The summed E-state index contributed by atoms with van der Waals surface area (Å²) < 4.78 is 20.0.